The number of hydrogen-bond acceptors (Lipinski definition) is 11. The van der Waals surface area contributed by atoms with Crippen molar-refractivity contribution in [1.82, 2.24) is 0 Å². The van der Waals surface area contributed by atoms with Crippen molar-refractivity contribution in [2.24, 2.45) is 0 Å². The van der Waals surface area contributed by atoms with Crippen molar-refractivity contribution in [1.29, 1.82) is 0 Å². The topological polar surface area (TPSA) is 183 Å². The third-order valence-electron chi connectivity index (χ3n) is 4.71. The van der Waals surface area contributed by atoms with Gasteiger partial charge in [0.2, 0.25) is 0 Å². The van der Waals surface area contributed by atoms with Gasteiger partial charge in [-0.2, -0.15) is 35.1 Å². The Morgan fingerprint density at radius 3 is 1.22 bits per heavy atom. The molecule has 0 amide bonds. The van der Waals surface area contributed by atoms with Gasteiger partial charge in [-0.15, -0.1) is 0 Å². The van der Waals surface area contributed by atoms with E-state index in [1.165, 1.54) is 0 Å². The zero-order chi connectivity index (χ0) is 34.2. The van der Waals surface area contributed by atoms with E-state index in [0.717, 1.165) is 0 Å². The van der Waals surface area contributed by atoms with E-state index >= 15 is 0 Å². The van der Waals surface area contributed by atoms with Gasteiger partial charge in [-0.1, -0.05) is 58.2 Å². The van der Waals surface area contributed by atoms with Crippen molar-refractivity contribution in [3.63, 3.8) is 0 Å². The molecule has 0 atom stereocenters. The molecule has 10 nitrogen and oxygen atoms in total. The average molecular weight is 856 g/mol. The number of halogens is 12. The maximum absolute atomic E-state index is 14.6. The zero-order valence-corrected chi connectivity index (χ0v) is 32.1. The first-order valence-electron chi connectivity index (χ1n) is 9.38. The molecular formula is C16H4Cl4F8Na2O10S5. The first-order valence-corrected chi connectivity index (χ1v) is 17.5. The number of alkyl halides is 8. The first-order chi connectivity index (χ1) is 18.8. The van der Waals surface area contributed by atoms with Gasteiger partial charge in [0.1, 0.15) is 4.90 Å². The minimum atomic E-state index is -7.53. The maximum atomic E-state index is 14.6. The molecule has 0 spiro atoms. The van der Waals surface area contributed by atoms with Gasteiger partial charge in [-0.05, 0) is 24.3 Å². The average Bonchev–Trinajstić information content (AvgIpc) is 2.75. The summed E-state index contributed by atoms with van der Waals surface area (Å²) in [5, 5.41) is -24.9. The number of hydrogen-bond donors (Lipinski definition) is 0. The van der Waals surface area contributed by atoms with Crippen LogP contribution in [0.3, 0.4) is 0 Å². The number of benzene rings is 2. The Morgan fingerprint density at radius 2 is 0.911 bits per heavy atom. The van der Waals surface area contributed by atoms with Crippen LogP contribution in [0.4, 0.5) is 35.1 Å². The monoisotopic (exact) mass is 854 g/mol. The molecule has 0 aliphatic heterocycles. The van der Waals surface area contributed by atoms with Crippen LogP contribution < -0.4 is 59.1 Å². The molecule has 244 valence electrons. The van der Waals surface area contributed by atoms with Gasteiger partial charge >= 0.3 is 79.5 Å². The molecule has 0 aliphatic rings. The fourth-order valence-electron chi connectivity index (χ4n) is 2.72. The number of sulfone groups is 2. The van der Waals surface area contributed by atoms with Crippen LogP contribution in [0.1, 0.15) is 5.56 Å². The van der Waals surface area contributed by atoms with Crippen LogP contribution in [-0.2, 0) is 45.2 Å². The summed E-state index contributed by atoms with van der Waals surface area (Å²) in [6.07, 6.45) is 0. The van der Waals surface area contributed by atoms with E-state index in [1.807, 2.05) is 0 Å². The van der Waals surface area contributed by atoms with Crippen LogP contribution >= 0.6 is 58.2 Å². The molecule has 0 radical (unpaired) electrons. The van der Waals surface area contributed by atoms with Crippen LogP contribution in [0.15, 0.2) is 39.0 Å². The van der Waals surface area contributed by atoms with Crippen LogP contribution in [0, 0.1) is 0 Å². The van der Waals surface area contributed by atoms with Crippen LogP contribution in [-0.4, -0.2) is 57.9 Å². The molecule has 2 aromatic rings. The summed E-state index contributed by atoms with van der Waals surface area (Å²) in [5.41, 5.74) is -2.13. The Morgan fingerprint density at radius 1 is 0.578 bits per heavy atom. The van der Waals surface area contributed by atoms with Crippen molar-refractivity contribution in [3.05, 3.63) is 49.9 Å². The van der Waals surface area contributed by atoms with Gasteiger partial charge in [0.05, 0.1) is 25.7 Å². The maximum Gasteiger partial charge on any atom is 1.00 e. The number of rotatable bonds is 10. The molecule has 2 rings (SSSR count). The molecule has 0 aliphatic carbocycles. The molecule has 29 heteroatoms. The predicted octanol–water partition coefficient (Wildman–Crippen LogP) is -0.476. The summed E-state index contributed by atoms with van der Waals surface area (Å²) < 4.78 is 217. The van der Waals surface area contributed by atoms with E-state index in [-0.39, 0.29) is 70.9 Å². The molecule has 0 saturated carbocycles. The summed E-state index contributed by atoms with van der Waals surface area (Å²) in [6.45, 7) is 0. The predicted molar refractivity (Wildman–Crippen MR) is 131 cm³/mol. The van der Waals surface area contributed by atoms with Gasteiger partial charge in [-0.25, -0.2) is 33.7 Å². The van der Waals surface area contributed by atoms with Crippen LogP contribution in [0.5, 0.6) is 0 Å². The van der Waals surface area contributed by atoms with Crippen LogP contribution in [0.25, 0.3) is 0 Å². The fourth-order valence-corrected chi connectivity index (χ4v) is 10.2. The Labute approximate surface area is 316 Å². The van der Waals surface area contributed by atoms with E-state index in [4.69, 9.17) is 46.4 Å². The second-order valence-electron chi connectivity index (χ2n) is 7.51. The molecule has 2 aromatic carbocycles. The Kier molecular flexibility index (Phi) is 14.7. The molecule has 0 fully saturated rings. The van der Waals surface area contributed by atoms with Crippen LogP contribution in [0.2, 0.25) is 20.1 Å². The molecule has 0 heterocycles. The van der Waals surface area contributed by atoms with E-state index < -0.39 is 101 Å². The van der Waals surface area contributed by atoms with E-state index in [1.54, 1.807) is 0 Å². The summed E-state index contributed by atoms with van der Waals surface area (Å²) in [7, 11) is -28.9. The molecular weight excluding hydrogens is 852 g/mol. The summed E-state index contributed by atoms with van der Waals surface area (Å²) in [4.78, 5) is -2.94. The van der Waals surface area contributed by atoms with E-state index in [0.29, 0.717) is 24.3 Å². The van der Waals surface area contributed by atoms with E-state index in [9.17, 15) is 77.9 Å². The Bertz CT molecular complexity index is 1900. The molecule has 0 bridgehead atoms. The Hall–Kier alpha value is 1.11. The molecule has 0 N–H and O–H groups in total. The van der Waals surface area contributed by atoms with Crippen molar-refractivity contribution in [2.45, 2.75) is 35.0 Å². The van der Waals surface area contributed by atoms with Gasteiger partial charge < -0.3 is 9.11 Å². The van der Waals surface area contributed by atoms with Gasteiger partial charge in [-0.3, -0.25) is 0 Å². The van der Waals surface area contributed by atoms with Gasteiger partial charge in [0, 0.05) is 9.79 Å². The molecule has 0 unspecified atom stereocenters. The Balaban J connectivity index is 0.00000968. The molecule has 0 saturated heterocycles. The smallest absolute Gasteiger partial charge is 0.743 e. The third-order valence-corrected chi connectivity index (χ3v) is 13.4. The molecule has 45 heavy (non-hydrogen) atoms. The van der Waals surface area contributed by atoms with Crippen molar-refractivity contribution < 1.29 is 137 Å². The second kappa shape index (κ2) is 14.4. The first kappa shape index (κ1) is 46.1. The SMILES string of the molecule is O=S(=O)([O-])C(F)(F)C(F)(F)S(=O)(=O)c1c(Cl)cc(Sc2cc(Cl)c(C(F)(F)S(=O)(=O)C(F)(F)S(=O)(=O)[O-])c(Cl)c2)cc1Cl.[Na+].[Na+]. The van der Waals surface area contributed by atoms with Gasteiger partial charge in [0.15, 0.2) is 20.2 Å². The summed E-state index contributed by atoms with van der Waals surface area (Å²) in [5.74, 6) is 0. The second-order valence-corrected chi connectivity index (χ2v) is 17.3. The van der Waals surface area contributed by atoms with Crippen molar-refractivity contribution >= 4 is 98.1 Å². The zero-order valence-electron chi connectivity index (χ0n) is 21.0. The third kappa shape index (κ3) is 7.89. The van der Waals surface area contributed by atoms with E-state index in [2.05, 4.69) is 0 Å². The summed E-state index contributed by atoms with van der Waals surface area (Å²) >= 11 is 22.5. The standard InChI is InChI=1S/C16H6Cl4F8O10S5.2Na/c17-7-1-5(2-8(18)11(7)13(21,22)41(31,32)16(27,28)43(36,37)38)39-6-3-9(19)12(10(20)4-6)40(29,30)14(23,24)15(25,26)42(33,34)35;;/h1-4H,(H,33,34,35)(H,36,37,38);;/q;2*+1/p-2. The van der Waals surface area contributed by atoms with Gasteiger partial charge in [0.25, 0.3) is 19.7 Å². The fraction of sp³-hybridized carbons (Fsp3) is 0.250. The minimum Gasteiger partial charge on any atom is -0.743 e. The van der Waals surface area contributed by atoms with Crippen molar-refractivity contribution in [2.75, 3.05) is 0 Å². The summed E-state index contributed by atoms with van der Waals surface area (Å²) in [6, 6.07) is 1.56. The normalized spacial score (nSPS) is 14.0. The molecule has 0 aromatic heterocycles. The van der Waals surface area contributed by atoms with Crippen molar-refractivity contribution in [3.8, 4) is 0 Å². The quantitative estimate of drug-likeness (QED) is 0.171. The largest absolute Gasteiger partial charge is 1.00 e. The minimum absolute atomic E-state index is 0.